The third kappa shape index (κ3) is 6.87. The summed E-state index contributed by atoms with van der Waals surface area (Å²) < 4.78 is 48.8. The molecule has 1 aromatic rings. The maximum Gasteiger partial charge on any atom is 0.254 e. The van der Waals surface area contributed by atoms with E-state index >= 15 is 0 Å². The van der Waals surface area contributed by atoms with Crippen LogP contribution < -0.4 is 5.32 Å². The number of nitrogens with one attached hydrogen (secondary N) is 1. The summed E-state index contributed by atoms with van der Waals surface area (Å²) in [7, 11) is -3.01. The molecule has 0 spiro atoms. The highest BCUT2D eigenvalue weighted by molar-refractivity contribution is 7.90. The Morgan fingerprint density at radius 3 is 2.41 bits per heavy atom. The van der Waals surface area contributed by atoms with Gasteiger partial charge in [0, 0.05) is 58.0 Å². The van der Waals surface area contributed by atoms with Crippen LogP contribution in [0.5, 0.6) is 0 Å². The van der Waals surface area contributed by atoms with Crippen molar-refractivity contribution >= 4 is 21.7 Å². The first-order valence-corrected chi connectivity index (χ1v) is 10.6. The number of piperazine rings is 1. The quantitative estimate of drug-likeness (QED) is 0.707. The van der Waals surface area contributed by atoms with Crippen molar-refractivity contribution in [3.05, 3.63) is 35.4 Å². The number of halogens is 2. The Hall–Kier alpha value is -2.07. The zero-order chi connectivity index (χ0) is 20.0. The maximum absolute atomic E-state index is 13.5. The molecule has 1 aromatic carbocycles. The molecule has 0 saturated carbocycles. The van der Waals surface area contributed by atoms with E-state index in [1.54, 1.807) is 4.90 Å². The molecule has 0 unspecified atom stereocenters. The van der Waals surface area contributed by atoms with Gasteiger partial charge in [0.25, 0.3) is 5.91 Å². The van der Waals surface area contributed by atoms with E-state index in [9.17, 15) is 26.8 Å². The number of hydrogen-bond donors (Lipinski definition) is 1. The fourth-order valence-electron chi connectivity index (χ4n) is 2.73. The second-order valence-electron chi connectivity index (χ2n) is 6.48. The Kier molecular flexibility index (Phi) is 7.25. The Morgan fingerprint density at radius 1 is 1.15 bits per heavy atom. The van der Waals surface area contributed by atoms with Gasteiger partial charge < -0.3 is 10.2 Å². The first kappa shape index (κ1) is 21.2. The van der Waals surface area contributed by atoms with E-state index in [0.717, 1.165) is 12.1 Å². The minimum absolute atomic E-state index is 0.0444. The van der Waals surface area contributed by atoms with Gasteiger partial charge in [-0.3, -0.25) is 14.5 Å². The molecule has 0 radical (unpaired) electrons. The van der Waals surface area contributed by atoms with Gasteiger partial charge >= 0.3 is 0 Å². The molecule has 10 heteroatoms. The van der Waals surface area contributed by atoms with Crippen molar-refractivity contribution in [2.75, 3.05) is 51.3 Å². The highest BCUT2D eigenvalue weighted by atomic mass is 32.2. The summed E-state index contributed by atoms with van der Waals surface area (Å²) in [5, 5.41) is 2.45. The van der Waals surface area contributed by atoms with E-state index in [-0.39, 0.29) is 30.2 Å². The highest BCUT2D eigenvalue weighted by Gasteiger charge is 2.21. The monoisotopic (exact) mass is 403 g/mol. The van der Waals surface area contributed by atoms with Crippen LogP contribution in [0.15, 0.2) is 18.2 Å². The van der Waals surface area contributed by atoms with Gasteiger partial charge in [0.1, 0.15) is 21.5 Å². The summed E-state index contributed by atoms with van der Waals surface area (Å²) in [5.41, 5.74) is -0.275. The molecule has 0 atom stereocenters. The molecule has 1 aliphatic heterocycles. The van der Waals surface area contributed by atoms with Crippen LogP contribution in [0.3, 0.4) is 0 Å². The van der Waals surface area contributed by atoms with Crippen LogP contribution in [-0.4, -0.2) is 81.3 Å². The van der Waals surface area contributed by atoms with E-state index in [2.05, 4.69) is 5.32 Å². The number of amides is 2. The van der Waals surface area contributed by atoms with Gasteiger partial charge in [0.05, 0.1) is 11.3 Å². The third-order valence-corrected chi connectivity index (χ3v) is 5.23. The van der Waals surface area contributed by atoms with Crippen molar-refractivity contribution in [1.29, 1.82) is 0 Å². The average Bonchev–Trinajstić information content (AvgIpc) is 2.59. The predicted molar refractivity (Wildman–Crippen MR) is 96.0 cm³/mol. The van der Waals surface area contributed by atoms with Gasteiger partial charge in [-0.1, -0.05) is 0 Å². The van der Waals surface area contributed by atoms with Crippen LogP contribution in [0.1, 0.15) is 16.8 Å². The Morgan fingerprint density at radius 2 is 1.81 bits per heavy atom. The molecule has 1 N–H and O–H groups in total. The van der Waals surface area contributed by atoms with Crippen LogP contribution in [0.25, 0.3) is 0 Å². The van der Waals surface area contributed by atoms with Crippen molar-refractivity contribution in [2.24, 2.45) is 0 Å². The normalized spacial score (nSPS) is 15.6. The standard InChI is InChI=1S/C17H23F2N3O4S/c1-27(25,26)11-10-21-6-8-22(9-7-21)16(23)4-5-20-17(24)14-3-2-13(18)12-15(14)19/h2-3,12H,4-11H2,1H3,(H,20,24). The summed E-state index contributed by atoms with van der Waals surface area (Å²) in [6.45, 7) is 2.65. The fraction of sp³-hybridized carbons (Fsp3) is 0.529. The lowest BCUT2D eigenvalue weighted by Crippen LogP contribution is -2.50. The van der Waals surface area contributed by atoms with Gasteiger partial charge in [0.2, 0.25) is 5.91 Å². The van der Waals surface area contributed by atoms with E-state index < -0.39 is 27.4 Å². The van der Waals surface area contributed by atoms with E-state index in [0.29, 0.717) is 38.8 Å². The van der Waals surface area contributed by atoms with E-state index in [1.807, 2.05) is 4.90 Å². The Labute approximate surface area is 157 Å². The number of nitrogens with zero attached hydrogens (tertiary/aromatic N) is 2. The molecule has 150 valence electrons. The molecule has 27 heavy (non-hydrogen) atoms. The van der Waals surface area contributed by atoms with Gasteiger partial charge in [-0.15, -0.1) is 0 Å². The molecule has 1 fully saturated rings. The average molecular weight is 403 g/mol. The Balaban J connectivity index is 1.71. The van der Waals surface area contributed by atoms with Crippen LogP contribution in [0.2, 0.25) is 0 Å². The van der Waals surface area contributed by atoms with Crippen molar-refractivity contribution in [3.8, 4) is 0 Å². The summed E-state index contributed by atoms with van der Waals surface area (Å²) in [6.07, 6.45) is 1.26. The summed E-state index contributed by atoms with van der Waals surface area (Å²) >= 11 is 0. The zero-order valence-corrected chi connectivity index (χ0v) is 15.9. The van der Waals surface area contributed by atoms with Crippen molar-refractivity contribution in [1.82, 2.24) is 15.1 Å². The van der Waals surface area contributed by atoms with E-state index in [1.165, 1.54) is 6.26 Å². The topological polar surface area (TPSA) is 86.8 Å². The summed E-state index contributed by atoms with van der Waals surface area (Å²) in [4.78, 5) is 27.7. The summed E-state index contributed by atoms with van der Waals surface area (Å²) in [5.74, 6) is -2.48. The van der Waals surface area contributed by atoms with Crippen LogP contribution in [0, 0.1) is 11.6 Å². The first-order chi connectivity index (χ1) is 12.7. The molecular weight excluding hydrogens is 380 g/mol. The molecule has 1 heterocycles. The van der Waals surface area contributed by atoms with E-state index in [4.69, 9.17) is 0 Å². The Bertz CT molecular complexity index is 793. The third-order valence-electron chi connectivity index (χ3n) is 4.30. The van der Waals surface area contributed by atoms with Gasteiger partial charge in [-0.25, -0.2) is 17.2 Å². The van der Waals surface area contributed by atoms with Gasteiger partial charge in [0.15, 0.2) is 0 Å². The maximum atomic E-state index is 13.5. The minimum atomic E-state index is -3.01. The molecule has 2 amide bonds. The van der Waals surface area contributed by atoms with Crippen molar-refractivity contribution in [2.45, 2.75) is 6.42 Å². The van der Waals surface area contributed by atoms with Crippen LogP contribution in [0.4, 0.5) is 8.78 Å². The predicted octanol–water partition coefficient (Wildman–Crippen LogP) is 0.274. The molecule has 2 rings (SSSR count). The second-order valence-corrected chi connectivity index (χ2v) is 8.74. The van der Waals surface area contributed by atoms with Crippen LogP contribution in [-0.2, 0) is 14.6 Å². The van der Waals surface area contributed by atoms with Gasteiger partial charge in [-0.05, 0) is 12.1 Å². The molecule has 0 aliphatic carbocycles. The van der Waals surface area contributed by atoms with Crippen molar-refractivity contribution < 1.29 is 26.8 Å². The number of benzene rings is 1. The van der Waals surface area contributed by atoms with Gasteiger partial charge in [-0.2, -0.15) is 0 Å². The smallest absolute Gasteiger partial charge is 0.254 e. The number of rotatable bonds is 7. The van der Waals surface area contributed by atoms with Crippen LogP contribution >= 0.6 is 0 Å². The van der Waals surface area contributed by atoms with Crippen molar-refractivity contribution in [3.63, 3.8) is 0 Å². The molecular formula is C17H23F2N3O4S. The lowest BCUT2D eigenvalue weighted by atomic mass is 10.2. The minimum Gasteiger partial charge on any atom is -0.351 e. The molecule has 7 nitrogen and oxygen atoms in total. The summed E-state index contributed by atoms with van der Waals surface area (Å²) in [6, 6.07) is 2.67. The first-order valence-electron chi connectivity index (χ1n) is 8.57. The number of carbonyl (C=O) groups excluding carboxylic acids is 2. The molecule has 0 bridgehead atoms. The fourth-order valence-corrected chi connectivity index (χ4v) is 3.32. The number of hydrogen-bond acceptors (Lipinski definition) is 5. The lowest BCUT2D eigenvalue weighted by Gasteiger charge is -2.34. The number of carbonyl (C=O) groups is 2. The number of sulfone groups is 1. The molecule has 1 aliphatic rings. The largest absolute Gasteiger partial charge is 0.351 e. The SMILES string of the molecule is CS(=O)(=O)CCN1CCN(C(=O)CCNC(=O)c2ccc(F)cc2F)CC1. The zero-order valence-electron chi connectivity index (χ0n) is 15.1. The highest BCUT2D eigenvalue weighted by Crippen LogP contribution is 2.09. The molecule has 1 saturated heterocycles. The second kappa shape index (κ2) is 9.23. The lowest BCUT2D eigenvalue weighted by molar-refractivity contribution is -0.132. The molecule has 0 aromatic heterocycles.